The van der Waals surface area contributed by atoms with Crippen LogP contribution in [0.25, 0.3) is 6.08 Å². The van der Waals surface area contributed by atoms with Crippen molar-refractivity contribution in [3.05, 3.63) is 29.8 Å². The van der Waals surface area contributed by atoms with Gasteiger partial charge in [-0.15, -0.1) is 0 Å². The molecular weight excluding hydrogens is 186 g/mol. The molecule has 0 aliphatic heterocycles. The molecule has 0 saturated heterocycles. The van der Waals surface area contributed by atoms with Gasteiger partial charge in [0.1, 0.15) is 5.75 Å². The van der Waals surface area contributed by atoms with E-state index in [9.17, 15) is 5.11 Å². The lowest BCUT2D eigenvalue weighted by Gasteiger charge is -2.13. The monoisotopic (exact) mass is 205 g/mol. The van der Waals surface area contributed by atoms with Gasteiger partial charge in [0.15, 0.2) is 0 Å². The van der Waals surface area contributed by atoms with Crippen molar-refractivity contribution in [1.29, 1.82) is 0 Å². The summed E-state index contributed by atoms with van der Waals surface area (Å²) in [5, 5.41) is 9.78. The molecule has 0 aromatic heterocycles. The molecule has 1 aromatic carbocycles. The zero-order valence-corrected chi connectivity index (χ0v) is 9.86. The number of anilines is 1. The molecule has 0 amide bonds. The van der Waals surface area contributed by atoms with Gasteiger partial charge in [-0.3, -0.25) is 0 Å². The van der Waals surface area contributed by atoms with E-state index in [2.05, 4.69) is 19.9 Å². The van der Waals surface area contributed by atoms with Gasteiger partial charge in [-0.1, -0.05) is 26.0 Å². The molecule has 1 rings (SSSR count). The highest BCUT2D eigenvalue weighted by atomic mass is 16.3. The van der Waals surface area contributed by atoms with Crippen LogP contribution < -0.4 is 4.90 Å². The third-order valence-corrected chi connectivity index (χ3v) is 2.19. The molecule has 1 N–H and O–H groups in total. The molecule has 0 radical (unpaired) electrons. The van der Waals surface area contributed by atoms with Crippen LogP contribution in [0.2, 0.25) is 0 Å². The van der Waals surface area contributed by atoms with Crippen LogP contribution in [0.1, 0.15) is 19.4 Å². The predicted octanol–water partition coefficient (Wildman–Crippen LogP) is 3.13. The van der Waals surface area contributed by atoms with Crippen LogP contribution in [0.15, 0.2) is 24.3 Å². The minimum atomic E-state index is 0.332. The molecule has 0 atom stereocenters. The fourth-order valence-corrected chi connectivity index (χ4v) is 1.25. The van der Waals surface area contributed by atoms with Crippen LogP contribution in [0.4, 0.5) is 5.69 Å². The number of phenols is 1. The normalized spacial score (nSPS) is 11.3. The van der Waals surface area contributed by atoms with Crippen molar-refractivity contribution in [3.63, 3.8) is 0 Å². The molecule has 2 heteroatoms. The number of hydrogen-bond acceptors (Lipinski definition) is 2. The van der Waals surface area contributed by atoms with Crippen molar-refractivity contribution in [2.45, 2.75) is 13.8 Å². The summed E-state index contributed by atoms with van der Waals surface area (Å²) in [5.74, 6) is 0.830. The molecule has 0 saturated carbocycles. The average Bonchev–Trinajstić information content (AvgIpc) is 2.15. The molecule has 0 fully saturated rings. The zero-order valence-electron chi connectivity index (χ0n) is 9.86. The zero-order chi connectivity index (χ0) is 11.4. The highest BCUT2D eigenvalue weighted by Gasteiger charge is 2.01. The van der Waals surface area contributed by atoms with E-state index in [0.29, 0.717) is 11.7 Å². The Kier molecular flexibility index (Phi) is 3.78. The summed E-state index contributed by atoms with van der Waals surface area (Å²) in [7, 11) is 3.91. The van der Waals surface area contributed by atoms with Crippen LogP contribution in [0.3, 0.4) is 0 Å². The smallest absolute Gasteiger partial charge is 0.124 e. The maximum absolute atomic E-state index is 9.78. The minimum Gasteiger partial charge on any atom is -0.507 e. The Hall–Kier alpha value is -1.44. The fourth-order valence-electron chi connectivity index (χ4n) is 1.25. The largest absolute Gasteiger partial charge is 0.507 e. The lowest BCUT2D eigenvalue weighted by atomic mass is 10.1. The van der Waals surface area contributed by atoms with Crippen molar-refractivity contribution >= 4 is 11.8 Å². The van der Waals surface area contributed by atoms with Gasteiger partial charge in [0.25, 0.3) is 0 Å². The summed E-state index contributed by atoms with van der Waals surface area (Å²) in [6.07, 6.45) is 4.03. The lowest BCUT2D eigenvalue weighted by Crippen LogP contribution is -2.08. The van der Waals surface area contributed by atoms with E-state index in [1.54, 1.807) is 6.07 Å². The number of nitrogens with zero attached hydrogens (tertiary/aromatic N) is 1. The molecule has 0 spiro atoms. The standard InChI is InChI=1S/C13H19NO/c1-10(2)5-6-11-7-8-12(14(3)4)9-13(11)15/h5-10,15H,1-4H3. The molecule has 15 heavy (non-hydrogen) atoms. The summed E-state index contributed by atoms with van der Waals surface area (Å²) >= 11 is 0. The first-order valence-electron chi connectivity index (χ1n) is 5.19. The van der Waals surface area contributed by atoms with E-state index in [-0.39, 0.29) is 0 Å². The minimum absolute atomic E-state index is 0.332. The van der Waals surface area contributed by atoms with E-state index in [0.717, 1.165) is 11.3 Å². The summed E-state index contributed by atoms with van der Waals surface area (Å²) in [4.78, 5) is 1.97. The van der Waals surface area contributed by atoms with Crippen LogP contribution in [-0.2, 0) is 0 Å². The second-order valence-corrected chi connectivity index (χ2v) is 4.24. The molecule has 1 aromatic rings. The van der Waals surface area contributed by atoms with E-state index >= 15 is 0 Å². The molecule has 2 nitrogen and oxygen atoms in total. The Morgan fingerprint density at radius 1 is 1.27 bits per heavy atom. The van der Waals surface area contributed by atoms with Crippen LogP contribution in [0.5, 0.6) is 5.75 Å². The number of phenolic OH excluding ortho intramolecular Hbond substituents is 1. The highest BCUT2D eigenvalue weighted by Crippen LogP contribution is 2.24. The summed E-state index contributed by atoms with van der Waals surface area (Å²) in [6.45, 7) is 4.23. The third kappa shape index (κ3) is 3.31. The Morgan fingerprint density at radius 2 is 1.93 bits per heavy atom. The summed E-state index contributed by atoms with van der Waals surface area (Å²) in [5.41, 5.74) is 1.88. The third-order valence-electron chi connectivity index (χ3n) is 2.19. The Bertz CT molecular complexity index is 354. The summed E-state index contributed by atoms with van der Waals surface area (Å²) in [6, 6.07) is 5.71. The van der Waals surface area contributed by atoms with Gasteiger partial charge in [-0.2, -0.15) is 0 Å². The number of allylic oxidation sites excluding steroid dienone is 1. The first-order valence-corrected chi connectivity index (χ1v) is 5.19. The number of hydrogen-bond donors (Lipinski definition) is 1. The van der Waals surface area contributed by atoms with E-state index in [1.165, 1.54) is 0 Å². The van der Waals surface area contributed by atoms with Crippen LogP contribution in [-0.4, -0.2) is 19.2 Å². The number of aromatic hydroxyl groups is 1. The summed E-state index contributed by atoms with van der Waals surface area (Å²) < 4.78 is 0. The van der Waals surface area contributed by atoms with Gasteiger partial charge in [0.05, 0.1) is 0 Å². The Labute approximate surface area is 91.9 Å². The molecule has 0 unspecified atom stereocenters. The molecule has 0 aliphatic rings. The van der Waals surface area contributed by atoms with Crippen molar-refractivity contribution in [2.24, 2.45) is 5.92 Å². The molecule has 82 valence electrons. The molecular formula is C13H19NO. The molecule has 0 aliphatic carbocycles. The number of rotatable bonds is 3. The van der Waals surface area contributed by atoms with Crippen molar-refractivity contribution in [1.82, 2.24) is 0 Å². The number of benzene rings is 1. The van der Waals surface area contributed by atoms with Gasteiger partial charge >= 0.3 is 0 Å². The fraction of sp³-hybridized carbons (Fsp3) is 0.385. The van der Waals surface area contributed by atoms with E-state index in [1.807, 2.05) is 37.2 Å². The van der Waals surface area contributed by atoms with Gasteiger partial charge in [-0.25, -0.2) is 0 Å². The second kappa shape index (κ2) is 4.87. The maximum Gasteiger partial charge on any atom is 0.124 e. The van der Waals surface area contributed by atoms with Gasteiger partial charge in [-0.05, 0) is 18.1 Å². The van der Waals surface area contributed by atoms with Crippen molar-refractivity contribution in [2.75, 3.05) is 19.0 Å². The lowest BCUT2D eigenvalue weighted by molar-refractivity contribution is 0.474. The Morgan fingerprint density at radius 3 is 2.40 bits per heavy atom. The second-order valence-electron chi connectivity index (χ2n) is 4.24. The highest BCUT2D eigenvalue weighted by molar-refractivity contribution is 5.62. The van der Waals surface area contributed by atoms with Crippen molar-refractivity contribution in [3.8, 4) is 5.75 Å². The molecule has 0 bridgehead atoms. The Balaban J connectivity index is 2.93. The topological polar surface area (TPSA) is 23.5 Å². The quantitative estimate of drug-likeness (QED) is 0.819. The van der Waals surface area contributed by atoms with Gasteiger partial charge in [0, 0.05) is 31.4 Å². The van der Waals surface area contributed by atoms with Gasteiger partial charge in [0.2, 0.25) is 0 Å². The average molecular weight is 205 g/mol. The first-order chi connectivity index (χ1) is 7.00. The SMILES string of the molecule is CC(C)C=Cc1ccc(N(C)C)cc1O. The van der Waals surface area contributed by atoms with E-state index in [4.69, 9.17) is 0 Å². The predicted molar refractivity (Wildman–Crippen MR) is 66.3 cm³/mol. The van der Waals surface area contributed by atoms with Crippen LogP contribution >= 0.6 is 0 Å². The van der Waals surface area contributed by atoms with Crippen molar-refractivity contribution < 1.29 is 5.11 Å². The van der Waals surface area contributed by atoms with Gasteiger partial charge < -0.3 is 10.0 Å². The molecule has 0 heterocycles. The first kappa shape index (κ1) is 11.6. The maximum atomic E-state index is 9.78. The van der Waals surface area contributed by atoms with Crippen LogP contribution in [0, 0.1) is 5.92 Å². The van der Waals surface area contributed by atoms with E-state index < -0.39 is 0 Å².